The quantitative estimate of drug-likeness (QED) is 0.410. The van der Waals surface area contributed by atoms with Gasteiger partial charge in [-0.2, -0.15) is 9.97 Å². The molecule has 23 heavy (non-hydrogen) atoms. The Bertz CT molecular complexity index is 695. The molecule has 2 aromatic rings. The standard InChI is InChI=1S/C6H8N4O2.C5H6N4O2/c1-12-5(11)3-2-4(7)10-6(8)9-3;6-3-1-2(4(10)11)8-5(7)9-3/h2H,1H3,(H4,7,8,9,10);1H,(H,10,11)(H4,6,7,8,9). The maximum absolute atomic E-state index is 10.9. The van der Waals surface area contributed by atoms with Gasteiger partial charge in [-0.3, -0.25) is 0 Å². The van der Waals surface area contributed by atoms with Crippen molar-refractivity contribution in [3.63, 3.8) is 0 Å². The Balaban J connectivity index is 0.000000231. The summed E-state index contributed by atoms with van der Waals surface area (Å²) in [4.78, 5) is 35.3. The van der Waals surface area contributed by atoms with E-state index in [1.807, 2.05) is 0 Å². The predicted octanol–water partition coefficient (Wildman–Crippen LogP) is -1.23. The van der Waals surface area contributed by atoms with E-state index in [9.17, 15) is 9.59 Å². The largest absolute Gasteiger partial charge is 0.477 e. The number of anilines is 4. The van der Waals surface area contributed by atoms with Crippen LogP contribution in [0.25, 0.3) is 0 Å². The number of methoxy groups -OCH3 is 1. The molecule has 0 saturated carbocycles. The molecule has 0 bridgehead atoms. The highest BCUT2D eigenvalue weighted by atomic mass is 16.5. The second-order valence-corrected chi connectivity index (χ2v) is 3.87. The number of carbonyl (C=O) groups excluding carboxylic acids is 1. The molecule has 0 aliphatic rings. The van der Waals surface area contributed by atoms with Gasteiger partial charge in [0, 0.05) is 12.1 Å². The van der Waals surface area contributed by atoms with E-state index in [2.05, 4.69) is 24.7 Å². The number of ether oxygens (including phenoxy) is 1. The van der Waals surface area contributed by atoms with E-state index in [0.717, 1.165) is 6.07 Å². The Hall–Kier alpha value is -3.70. The maximum atomic E-state index is 10.9. The number of aromatic nitrogens is 4. The van der Waals surface area contributed by atoms with Crippen LogP contribution in [0.1, 0.15) is 21.0 Å². The fraction of sp³-hybridized carbons (Fsp3) is 0.0909. The highest BCUT2D eigenvalue weighted by Crippen LogP contribution is 2.05. The first-order chi connectivity index (χ1) is 10.7. The van der Waals surface area contributed by atoms with Crippen molar-refractivity contribution >= 4 is 35.5 Å². The molecule has 0 amide bonds. The molecule has 0 aromatic carbocycles. The van der Waals surface area contributed by atoms with Crippen molar-refractivity contribution in [1.82, 2.24) is 19.9 Å². The van der Waals surface area contributed by atoms with Crippen LogP contribution in [-0.2, 0) is 4.74 Å². The summed E-state index contributed by atoms with van der Waals surface area (Å²) in [6, 6.07) is 2.43. The second kappa shape index (κ2) is 7.35. The first-order valence-electron chi connectivity index (χ1n) is 5.84. The highest BCUT2D eigenvalue weighted by Gasteiger charge is 2.08. The Kier molecular flexibility index (Phi) is 5.54. The van der Waals surface area contributed by atoms with Gasteiger partial charge in [0.2, 0.25) is 11.9 Å². The molecule has 122 valence electrons. The number of nitrogens with two attached hydrogens (primary N) is 4. The average Bonchev–Trinajstić information content (AvgIpc) is 2.45. The van der Waals surface area contributed by atoms with E-state index in [0.29, 0.717) is 0 Å². The minimum Gasteiger partial charge on any atom is -0.477 e. The molecule has 0 saturated heterocycles. The fourth-order valence-corrected chi connectivity index (χ4v) is 1.29. The smallest absolute Gasteiger partial charge is 0.356 e. The zero-order valence-corrected chi connectivity index (χ0v) is 11.9. The van der Waals surface area contributed by atoms with E-state index >= 15 is 0 Å². The van der Waals surface area contributed by atoms with E-state index in [1.54, 1.807) is 0 Å². The lowest BCUT2D eigenvalue weighted by Gasteiger charge is -1.99. The van der Waals surface area contributed by atoms with Crippen LogP contribution >= 0.6 is 0 Å². The molecule has 12 nitrogen and oxygen atoms in total. The van der Waals surface area contributed by atoms with Crippen LogP contribution < -0.4 is 22.9 Å². The monoisotopic (exact) mass is 322 g/mol. The Morgan fingerprint density at radius 2 is 1.35 bits per heavy atom. The summed E-state index contributed by atoms with van der Waals surface area (Å²) in [6.45, 7) is 0. The summed E-state index contributed by atoms with van der Waals surface area (Å²) < 4.78 is 4.41. The average molecular weight is 322 g/mol. The molecule has 0 atom stereocenters. The van der Waals surface area contributed by atoms with Crippen molar-refractivity contribution in [2.24, 2.45) is 0 Å². The molecule has 0 unspecified atom stereocenters. The lowest BCUT2D eigenvalue weighted by Crippen LogP contribution is -2.09. The third-order valence-electron chi connectivity index (χ3n) is 2.14. The fourth-order valence-electron chi connectivity index (χ4n) is 1.29. The normalized spacial score (nSPS) is 9.43. The predicted molar refractivity (Wildman–Crippen MR) is 80.0 cm³/mol. The van der Waals surface area contributed by atoms with E-state index in [1.165, 1.54) is 13.2 Å². The summed E-state index contributed by atoms with van der Waals surface area (Å²) in [6.07, 6.45) is 0. The second-order valence-electron chi connectivity index (χ2n) is 3.87. The summed E-state index contributed by atoms with van der Waals surface area (Å²) in [5.41, 5.74) is 20.7. The van der Waals surface area contributed by atoms with Crippen molar-refractivity contribution in [2.75, 3.05) is 30.0 Å². The van der Waals surface area contributed by atoms with Gasteiger partial charge >= 0.3 is 11.9 Å². The third-order valence-corrected chi connectivity index (χ3v) is 2.14. The van der Waals surface area contributed by atoms with Crippen molar-refractivity contribution in [3.8, 4) is 0 Å². The molecule has 0 spiro atoms. The molecule has 0 aliphatic heterocycles. The molecule has 0 radical (unpaired) electrons. The summed E-state index contributed by atoms with van der Waals surface area (Å²) >= 11 is 0. The van der Waals surface area contributed by atoms with Crippen molar-refractivity contribution in [1.29, 1.82) is 0 Å². The number of nitrogen functional groups attached to an aromatic ring is 4. The van der Waals surface area contributed by atoms with Crippen molar-refractivity contribution in [3.05, 3.63) is 23.5 Å². The molecule has 2 heterocycles. The molecular formula is C11H14N8O4. The lowest BCUT2D eigenvalue weighted by molar-refractivity contribution is 0.0593. The van der Waals surface area contributed by atoms with Gasteiger partial charge in [0.15, 0.2) is 11.4 Å². The number of carbonyl (C=O) groups is 2. The van der Waals surface area contributed by atoms with Gasteiger partial charge in [-0.05, 0) is 0 Å². The highest BCUT2D eigenvalue weighted by molar-refractivity contribution is 5.88. The van der Waals surface area contributed by atoms with Crippen LogP contribution in [0.5, 0.6) is 0 Å². The molecule has 0 aliphatic carbocycles. The number of rotatable bonds is 2. The lowest BCUT2D eigenvalue weighted by atomic mass is 10.4. The maximum Gasteiger partial charge on any atom is 0.356 e. The number of carboxylic acids is 1. The zero-order valence-electron chi connectivity index (χ0n) is 11.9. The van der Waals surface area contributed by atoms with Gasteiger partial charge in [-0.1, -0.05) is 0 Å². The van der Waals surface area contributed by atoms with Gasteiger partial charge in [-0.15, -0.1) is 0 Å². The van der Waals surface area contributed by atoms with Crippen LogP contribution in [0.15, 0.2) is 12.1 Å². The van der Waals surface area contributed by atoms with Crippen LogP contribution in [-0.4, -0.2) is 44.1 Å². The number of esters is 1. The molecule has 2 aromatic heterocycles. The topological polar surface area (TPSA) is 219 Å². The number of hydrogen-bond acceptors (Lipinski definition) is 11. The summed E-state index contributed by atoms with van der Waals surface area (Å²) in [5, 5.41) is 8.43. The Morgan fingerprint density at radius 3 is 1.74 bits per heavy atom. The van der Waals surface area contributed by atoms with Crippen LogP contribution in [0.3, 0.4) is 0 Å². The van der Waals surface area contributed by atoms with Gasteiger partial charge in [-0.25, -0.2) is 19.6 Å². The Morgan fingerprint density at radius 1 is 0.913 bits per heavy atom. The number of hydrogen-bond donors (Lipinski definition) is 5. The molecule has 2 rings (SSSR count). The number of aromatic carboxylic acids is 1. The molecule has 12 heteroatoms. The van der Waals surface area contributed by atoms with Crippen LogP contribution in [0.4, 0.5) is 23.5 Å². The van der Waals surface area contributed by atoms with Crippen LogP contribution in [0, 0.1) is 0 Å². The molecule has 9 N–H and O–H groups in total. The third kappa shape index (κ3) is 5.30. The van der Waals surface area contributed by atoms with Gasteiger partial charge in [0.1, 0.15) is 11.6 Å². The van der Waals surface area contributed by atoms with E-state index in [4.69, 9.17) is 28.0 Å². The minimum absolute atomic E-state index is 0.0459. The first-order valence-corrected chi connectivity index (χ1v) is 5.84. The van der Waals surface area contributed by atoms with Crippen molar-refractivity contribution < 1.29 is 19.4 Å². The molecule has 0 fully saturated rings. The van der Waals surface area contributed by atoms with E-state index < -0.39 is 11.9 Å². The SMILES string of the molecule is COC(=O)c1cc(N)nc(N)n1.Nc1cc(C(=O)O)nc(N)n1. The molecular weight excluding hydrogens is 308 g/mol. The Labute approximate surface area is 129 Å². The van der Waals surface area contributed by atoms with Gasteiger partial charge < -0.3 is 32.8 Å². The van der Waals surface area contributed by atoms with Gasteiger partial charge in [0.25, 0.3) is 0 Å². The van der Waals surface area contributed by atoms with Crippen LogP contribution in [0.2, 0.25) is 0 Å². The summed E-state index contributed by atoms with van der Waals surface area (Å²) in [7, 11) is 1.25. The van der Waals surface area contributed by atoms with E-state index in [-0.39, 0.29) is 34.9 Å². The zero-order chi connectivity index (χ0) is 17.6. The first kappa shape index (κ1) is 17.4. The van der Waals surface area contributed by atoms with Crippen molar-refractivity contribution in [2.45, 2.75) is 0 Å². The minimum atomic E-state index is -1.18. The number of nitrogens with zero attached hydrogens (tertiary/aromatic N) is 4. The number of carboxylic acid groups (broad SMARTS) is 1. The summed E-state index contributed by atoms with van der Waals surface area (Å²) in [5.74, 6) is -1.75. The van der Waals surface area contributed by atoms with Gasteiger partial charge in [0.05, 0.1) is 7.11 Å².